The lowest BCUT2D eigenvalue weighted by molar-refractivity contribution is 0.576. The molecule has 1 N–H and O–H groups in total. The van der Waals surface area contributed by atoms with Crippen molar-refractivity contribution in [2.24, 2.45) is 0 Å². The van der Waals surface area contributed by atoms with Gasteiger partial charge in [-0.1, -0.05) is 13.0 Å². The van der Waals surface area contributed by atoms with Gasteiger partial charge in [-0.2, -0.15) is 5.10 Å². The van der Waals surface area contributed by atoms with Gasteiger partial charge >= 0.3 is 0 Å². The molecule has 1 aliphatic carbocycles. The molecule has 29 heavy (non-hydrogen) atoms. The van der Waals surface area contributed by atoms with Crippen molar-refractivity contribution in [1.82, 2.24) is 39.9 Å². The molecule has 0 radical (unpaired) electrons. The Hall–Kier alpha value is -3.66. The van der Waals surface area contributed by atoms with Crippen molar-refractivity contribution in [3.8, 4) is 27.8 Å². The number of nitrogens with one attached hydrogen (secondary N) is 1. The second-order valence-electron chi connectivity index (χ2n) is 6.69. The van der Waals surface area contributed by atoms with Crippen LogP contribution < -0.4 is 4.90 Å². The van der Waals surface area contributed by atoms with Gasteiger partial charge < -0.3 is 4.90 Å². The molecule has 6 rings (SSSR count). The molecule has 0 spiro atoms. The fourth-order valence-corrected chi connectivity index (χ4v) is 4.38. The molecule has 0 bridgehead atoms. The molecule has 1 aliphatic heterocycles. The van der Waals surface area contributed by atoms with Crippen molar-refractivity contribution < 1.29 is 0 Å². The summed E-state index contributed by atoms with van der Waals surface area (Å²) in [5, 5.41) is 18.5. The van der Waals surface area contributed by atoms with Gasteiger partial charge in [0.2, 0.25) is 0 Å². The van der Waals surface area contributed by atoms with E-state index < -0.39 is 0 Å². The molecular weight excluding hydrogens is 386 g/mol. The van der Waals surface area contributed by atoms with Gasteiger partial charge in [0.1, 0.15) is 22.7 Å². The fourth-order valence-electron chi connectivity index (χ4n) is 3.74. The topological polar surface area (TPSA) is 101 Å². The van der Waals surface area contributed by atoms with Gasteiger partial charge in [0.15, 0.2) is 17.5 Å². The highest BCUT2D eigenvalue weighted by Crippen LogP contribution is 2.42. The fraction of sp³-hybridized carbons (Fsp3) is 0.158. The van der Waals surface area contributed by atoms with E-state index in [1.807, 2.05) is 28.4 Å². The maximum Gasteiger partial charge on any atom is 0.165 e. The number of aromatic amines is 1. The maximum absolute atomic E-state index is 4.97. The lowest BCUT2D eigenvalue weighted by Crippen LogP contribution is -2.35. The highest BCUT2D eigenvalue weighted by Gasteiger charge is 2.36. The summed E-state index contributed by atoms with van der Waals surface area (Å²) in [6.45, 7) is 2.14. The zero-order valence-corrected chi connectivity index (χ0v) is 16.2. The van der Waals surface area contributed by atoms with Crippen LogP contribution in [0.25, 0.3) is 27.8 Å². The third kappa shape index (κ3) is 2.32. The molecule has 4 aromatic rings. The van der Waals surface area contributed by atoms with Gasteiger partial charge in [-0.25, -0.2) is 15.0 Å². The first-order valence-corrected chi connectivity index (χ1v) is 10.1. The van der Waals surface area contributed by atoms with Crippen molar-refractivity contribution in [3.05, 3.63) is 60.0 Å². The second kappa shape index (κ2) is 6.17. The van der Waals surface area contributed by atoms with Crippen LogP contribution in [0.3, 0.4) is 0 Å². The van der Waals surface area contributed by atoms with E-state index in [4.69, 9.17) is 4.98 Å². The lowest BCUT2D eigenvalue weighted by atomic mass is 10.0. The predicted octanol–water partition coefficient (Wildman–Crippen LogP) is 3.30. The molecule has 5 heterocycles. The van der Waals surface area contributed by atoms with Crippen molar-refractivity contribution >= 4 is 17.2 Å². The molecule has 0 aromatic carbocycles. The Morgan fingerprint density at radius 3 is 2.97 bits per heavy atom. The average molecular weight is 401 g/mol. The van der Waals surface area contributed by atoms with Gasteiger partial charge in [-0.05, 0) is 18.6 Å². The maximum atomic E-state index is 4.97. The number of H-pyrrole nitrogens is 1. The largest absolute Gasteiger partial charge is 0.314 e. The summed E-state index contributed by atoms with van der Waals surface area (Å²) in [5.74, 6) is 2.32. The predicted molar refractivity (Wildman–Crippen MR) is 108 cm³/mol. The molecule has 0 saturated carbocycles. The third-order valence-corrected chi connectivity index (χ3v) is 5.92. The normalized spacial score (nSPS) is 16.9. The van der Waals surface area contributed by atoms with Crippen LogP contribution in [0.1, 0.15) is 25.2 Å². The van der Waals surface area contributed by atoms with Crippen LogP contribution in [0, 0.1) is 0 Å². The van der Waals surface area contributed by atoms with Gasteiger partial charge in [0.25, 0.3) is 0 Å². The van der Waals surface area contributed by atoms with Crippen LogP contribution >= 0.6 is 11.3 Å². The first-order valence-electron chi connectivity index (χ1n) is 9.24. The quantitative estimate of drug-likeness (QED) is 0.560. The van der Waals surface area contributed by atoms with E-state index in [0.717, 1.165) is 45.7 Å². The van der Waals surface area contributed by atoms with Gasteiger partial charge in [-0.15, -0.1) is 21.5 Å². The number of nitrogens with zero attached hydrogens (tertiary/aromatic N) is 8. The molecule has 1 atom stereocenters. The Morgan fingerprint density at radius 1 is 1.28 bits per heavy atom. The standard InChI is InChI=1S/C19H15N9S/c1-2-13-18-26-23-10-27(18)14-9-21-16(24-17(14)28(13)11-4-3-5-11)12-8-22-25-15(12)19-20-6-7-29-19/h3-10,13H,2H2,1H3,(H,22,25). The summed E-state index contributed by atoms with van der Waals surface area (Å²) < 4.78 is 1.98. The van der Waals surface area contributed by atoms with E-state index in [1.165, 1.54) is 11.3 Å². The smallest absolute Gasteiger partial charge is 0.165 e. The lowest BCUT2D eigenvalue weighted by Gasteiger charge is -2.38. The van der Waals surface area contributed by atoms with Crippen LogP contribution in [0.5, 0.6) is 0 Å². The summed E-state index contributed by atoms with van der Waals surface area (Å²) in [6.07, 6.45) is 14.2. The minimum absolute atomic E-state index is 0.0479. The summed E-state index contributed by atoms with van der Waals surface area (Å²) in [7, 11) is 0. The highest BCUT2D eigenvalue weighted by molar-refractivity contribution is 7.13. The monoisotopic (exact) mass is 401 g/mol. The molecule has 4 aromatic heterocycles. The number of allylic oxidation sites excluding steroid dienone is 3. The van der Waals surface area contributed by atoms with Gasteiger partial charge in [-0.3, -0.25) is 9.67 Å². The molecule has 10 heteroatoms. The summed E-state index contributed by atoms with van der Waals surface area (Å²) in [4.78, 5) is 16.2. The number of hydrogen-bond donors (Lipinski definition) is 1. The first-order chi connectivity index (χ1) is 14.3. The number of rotatable bonds is 4. The van der Waals surface area contributed by atoms with E-state index in [0.29, 0.717) is 5.82 Å². The molecular formula is C19H15N9S. The average Bonchev–Trinajstić information content (AvgIpc) is 3.46. The van der Waals surface area contributed by atoms with Crippen LogP contribution in [-0.4, -0.2) is 39.9 Å². The molecule has 2 aliphatic rings. The van der Waals surface area contributed by atoms with Crippen LogP contribution in [0.2, 0.25) is 0 Å². The first kappa shape index (κ1) is 16.3. The van der Waals surface area contributed by atoms with Crippen LogP contribution in [0.15, 0.2) is 54.2 Å². The number of fused-ring (bicyclic) bond motifs is 3. The molecule has 0 amide bonds. The van der Waals surface area contributed by atoms with Crippen LogP contribution in [-0.2, 0) is 0 Å². The molecule has 0 fully saturated rings. The van der Waals surface area contributed by atoms with E-state index in [-0.39, 0.29) is 6.04 Å². The minimum Gasteiger partial charge on any atom is -0.314 e. The SMILES string of the molecule is CCC1c2nncn2-c2cnc(-c3c[nH]nc3-c3nccs3)nc2N1C1=CC=C1. The highest BCUT2D eigenvalue weighted by atomic mass is 32.1. The number of hydrogen-bond acceptors (Lipinski definition) is 8. The van der Waals surface area contributed by atoms with Crippen molar-refractivity contribution in [3.63, 3.8) is 0 Å². The Morgan fingerprint density at radius 2 is 2.21 bits per heavy atom. The molecule has 1 unspecified atom stereocenters. The van der Waals surface area contributed by atoms with E-state index in [1.54, 1.807) is 12.5 Å². The van der Waals surface area contributed by atoms with Crippen LogP contribution in [0.4, 0.5) is 5.82 Å². The summed E-state index contributed by atoms with van der Waals surface area (Å²) >= 11 is 1.53. The Balaban J connectivity index is 1.54. The molecule has 9 nitrogen and oxygen atoms in total. The zero-order valence-electron chi connectivity index (χ0n) is 15.4. The third-order valence-electron chi connectivity index (χ3n) is 5.14. The second-order valence-corrected chi connectivity index (χ2v) is 7.59. The minimum atomic E-state index is 0.0479. The van der Waals surface area contributed by atoms with Gasteiger partial charge in [0.05, 0.1) is 17.8 Å². The van der Waals surface area contributed by atoms with Crippen molar-refractivity contribution in [2.45, 2.75) is 19.4 Å². The zero-order chi connectivity index (χ0) is 19.4. The number of anilines is 1. The number of thiazole rings is 1. The Kier molecular flexibility index (Phi) is 3.47. The van der Waals surface area contributed by atoms with E-state index in [9.17, 15) is 0 Å². The van der Waals surface area contributed by atoms with Gasteiger partial charge in [0, 0.05) is 23.5 Å². The summed E-state index contributed by atoms with van der Waals surface area (Å²) in [6, 6.07) is 0.0479. The van der Waals surface area contributed by atoms with E-state index >= 15 is 0 Å². The number of aromatic nitrogens is 8. The van der Waals surface area contributed by atoms with E-state index in [2.05, 4.69) is 54.3 Å². The molecule has 0 saturated heterocycles. The van der Waals surface area contributed by atoms with Crippen molar-refractivity contribution in [1.29, 1.82) is 0 Å². The van der Waals surface area contributed by atoms with Crippen molar-refractivity contribution in [2.75, 3.05) is 4.90 Å². The Bertz CT molecular complexity index is 1260. The molecule has 142 valence electrons. The Labute approximate surface area is 169 Å². The summed E-state index contributed by atoms with van der Waals surface area (Å²) in [5.41, 5.74) is 3.54.